The number of carboxylic acid groups (broad SMARTS) is 2. The molecule has 4 N–H and O–H groups in total. The van der Waals surface area contributed by atoms with Crippen LogP contribution in [0.3, 0.4) is 0 Å². The first-order chi connectivity index (χ1) is 20.2. The maximum Gasteiger partial charge on any atom is 0.305 e. The third-order valence-electron chi connectivity index (χ3n) is 6.09. The SMILES string of the molecule is C=C(CN(CC(=C)OO)c1ccc(Nc2ccc(Nc3ccc(N(CCC(=O)[O-])CCC(=O)O)cc3)cc2)cc1)O[O-]. The molecule has 0 aliphatic carbocycles. The molecule has 0 fully saturated rings. The van der Waals surface area contributed by atoms with Crippen molar-refractivity contribution in [2.45, 2.75) is 12.8 Å². The zero-order valence-electron chi connectivity index (χ0n) is 22.8. The molecule has 0 aliphatic heterocycles. The summed E-state index contributed by atoms with van der Waals surface area (Å²) in [4.78, 5) is 33.4. The van der Waals surface area contributed by atoms with Crippen molar-refractivity contribution in [1.82, 2.24) is 0 Å². The van der Waals surface area contributed by atoms with Crippen LogP contribution in [0.2, 0.25) is 0 Å². The van der Waals surface area contributed by atoms with E-state index in [2.05, 4.69) is 33.6 Å². The summed E-state index contributed by atoms with van der Waals surface area (Å²) in [6.07, 6.45) is -0.312. The molecule has 0 heterocycles. The lowest BCUT2D eigenvalue weighted by atomic mass is 10.2. The monoisotopic (exact) mass is 576 g/mol. The van der Waals surface area contributed by atoms with Gasteiger partial charge in [0.15, 0.2) is 5.76 Å². The van der Waals surface area contributed by atoms with E-state index < -0.39 is 11.9 Å². The number of carbonyl (C=O) groups excluding carboxylic acids is 1. The lowest BCUT2D eigenvalue weighted by Gasteiger charge is -2.26. The molecular formula is C30H32N4O8-2. The maximum atomic E-state index is 11.0. The predicted octanol–water partition coefficient (Wildman–Crippen LogP) is 3.21. The minimum Gasteiger partial charge on any atom is -0.664 e. The Morgan fingerprint density at radius 1 is 0.714 bits per heavy atom. The first-order valence-corrected chi connectivity index (χ1v) is 12.9. The van der Waals surface area contributed by atoms with Gasteiger partial charge in [0.05, 0.1) is 25.3 Å². The summed E-state index contributed by atoms with van der Waals surface area (Å²) < 4.78 is 0. The van der Waals surface area contributed by atoms with Gasteiger partial charge in [-0.15, -0.1) is 0 Å². The Morgan fingerprint density at radius 2 is 1.12 bits per heavy atom. The van der Waals surface area contributed by atoms with Crippen molar-refractivity contribution in [3.63, 3.8) is 0 Å². The molecule has 3 aromatic rings. The fourth-order valence-electron chi connectivity index (χ4n) is 4.03. The lowest BCUT2D eigenvalue weighted by molar-refractivity contribution is -0.671. The van der Waals surface area contributed by atoms with Crippen molar-refractivity contribution < 1.29 is 40.1 Å². The summed E-state index contributed by atoms with van der Waals surface area (Å²) >= 11 is 0. The number of hydrogen-bond acceptors (Lipinski definition) is 11. The highest BCUT2D eigenvalue weighted by Crippen LogP contribution is 2.26. The second kappa shape index (κ2) is 15.6. The Morgan fingerprint density at radius 3 is 1.52 bits per heavy atom. The molecule has 0 aromatic heterocycles. The van der Waals surface area contributed by atoms with E-state index in [4.69, 9.17) is 10.4 Å². The molecule has 0 saturated heterocycles. The van der Waals surface area contributed by atoms with Crippen LogP contribution in [0.1, 0.15) is 12.8 Å². The molecular weight excluding hydrogens is 544 g/mol. The van der Waals surface area contributed by atoms with Gasteiger partial charge in [-0.1, -0.05) is 13.2 Å². The van der Waals surface area contributed by atoms with Gasteiger partial charge in [-0.05, 0) is 72.8 Å². The highest BCUT2D eigenvalue weighted by molar-refractivity contribution is 5.70. The normalized spacial score (nSPS) is 10.3. The Kier molecular flexibility index (Phi) is 11.6. The molecule has 0 radical (unpaired) electrons. The lowest BCUT2D eigenvalue weighted by Crippen LogP contribution is -2.32. The fourth-order valence-corrected chi connectivity index (χ4v) is 4.03. The second-order valence-corrected chi connectivity index (χ2v) is 9.28. The van der Waals surface area contributed by atoms with Crippen LogP contribution in [0, 0.1) is 0 Å². The van der Waals surface area contributed by atoms with Crippen LogP contribution in [0.4, 0.5) is 34.1 Å². The van der Waals surface area contributed by atoms with E-state index in [1.54, 1.807) is 21.9 Å². The van der Waals surface area contributed by atoms with Gasteiger partial charge in [-0.25, -0.2) is 5.26 Å². The molecule has 0 spiro atoms. The largest absolute Gasteiger partial charge is 0.664 e. The molecule has 3 aromatic carbocycles. The summed E-state index contributed by atoms with van der Waals surface area (Å²) in [7, 11) is 0. The number of benzene rings is 3. The third-order valence-corrected chi connectivity index (χ3v) is 6.09. The molecule has 0 bridgehead atoms. The number of rotatable bonds is 18. The van der Waals surface area contributed by atoms with Gasteiger partial charge < -0.3 is 50.5 Å². The average Bonchev–Trinajstić information content (AvgIpc) is 2.98. The summed E-state index contributed by atoms with van der Waals surface area (Å²) in [6.45, 7) is 7.68. The predicted molar refractivity (Wildman–Crippen MR) is 155 cm³/mol. The summed E-state index contributed by atoms with van der Waals surface area (Å²) in [5, 5.41) is 46.0. The molecule has 12 heteroatoms. The quantitative estimate of drug-likeness (QED) is 0.0992. The van der Waals surface area contributed by atoms with Gasteiger partial charge in [0.2, 0.25) is 0 Å². The van der Waals surface area contributed by atoms with Crippen LogP contribution in [-0.2, 0) is 19.4 Å². The zero-order chi connectivity index (χ0) is 30.5. The van der Waals surface area contributed by atoms with Crippen LogP contribution in [0.15, 0.2) is 97.5 Å². The summed E-state index contributed by atoms with van der Waals surface area (Å²) in [5.74, 6) is -2.06. The van der Waals surface area contributed by atoms with E-state index in [0.717, 1.165) is 28.4 Å². The highest BCUT2D eigenvalue weighted by Gasteiger charge is 2.12. The zero-order valence-corrected chi connectivity index (χ0v) is 22.8. The molecule has 0 saturated carbocycles. The number of nitrogens with zero attached hydrogens (tertiary/aromatic N) is 2. The second-order valence-electron chi connectivity index (χ2n) is 9.28. The van der Waals surface area contributed by atoms with E-state index in [1.165, 1.54) is 0 Å². The molecule has 222 valence electrons. The van der Waals surface area contributed by atoms with Gasteiger partial charge in [0.25, 0.3) is 0 Å². The maximum absolute atomic E-state index is 11.0. The minimum absolute atomic E-state index is 0.00111. The van der Waals surface area contributed by atoms with Crippen molar-refractivity contribution in [3.8, 4) is 0 Å². The number of nitrogens with one attached hydrogen (secondary N) is 2. The minimum atomic E-state index is -1.19. The number of aliphatic carboxylic acids is 2. The highest BCUT2D eigenvalue weighted by atomic mass is 17.1. The molecule has 0 amide bonds. The number of carbonyl (C=O) groups is 2. The van der Waals surface area contributed by atoms with E-state index in [-0.39, 0.29) is 50.5 Å². The first-order valence-electron chi connectivity index (χ1n) is 12.9. The Labute approximate surface area is 243 Å². The van der Waals surface area contributed by atoms with Crippen molar-refractivity contribution >= 4 is 46.1 Å². The van der Waals surface area contributed by atoms with E-state index in [0.29, 0.717) is 5.69 Å². The first kappa shape index (κ1) is 31.3. The van der Waals surface area contributed by atoms with Gasteiger partial charge in [0.1, 0.15) is 0 Å². The van der Waals surface area contributed by atoms with Crippen molar-refractivity contribution in [3.05, 3.63) is 97.5 Å². The van der Waals surface area contributed by atoms with E-state index in [1.807, 2.05) is 60.7 Å². The van der Waals surface area contributed by atoms with E-state index in [9.17, 15) is 20.0 Å². The standard InChI is InChI=1S/C30H34N4O8/c1-21(41-39)19-34(20-22(2)42-40)28-13-9-26(10-14-28)32-24-5-3-23(4-6-24)31-25-7-11-27(12-8-25)33(17-15-29(35)36)18-16-30(37)38/h3-14,31-32,39-40H,1-2,15-20H2,(H,35,36)(H,37,38)/p-2. The number of carboxylic acids is 2. The van der Waals surface area contributed by atoms with Gasteiger partial charge >= 0.3 is 5.97 Å². The Bertz CT molecular complexity index is 1310. The van der Waals surface area contributed by atoms with Crippen LogP contribution < -0.4 is 30.8 Å². The van der Waals surface area contributed by atoms with Crippen molar-refractivity contribution in [2.75, 3.05) is 46.6 Å². The summed E-state index contributed by atoms with van der Waals surface area (Å²) in [6, 6.07) is 22.2. The van der Waals surface area contributed by atoms with Gasteiger partial charge in [-0.3, -0.25) is 4.79 Å². The third kappa shape index (κ3) is 10.1. The Balaban J connectivity index is 1.60. The smallest absolute Gasteiger partial charge is 0.305 e. The van der Waals surface area contributed by atoms with Crippen molar-refractivity contribution in [2.24, 2.45) is 0 Å². The van der Waals surface area contributed by atoms with Crippen LogP contribution in [0.5, 0.6) is 0 Å². The molecule has 3 rings (SSSR count). The topological polar surface area (TPSA) is 170 Å². The van der Waals surface area contributed by atoms with Gasteiger partial charge in [-0.2, -0.15) is 0 Å². The molecule has 0 aliphatic rings. The number of hydrogen-bond donors (Lipinski definition) is 4. The van der Waals surface area contributed by atoms with Crippen LogP contribution in [-0.4, -0.2) is 48.5 Å². The van der Waals surface area contributed by atoms with E-state index >= 15 is 0 Å². The van der Waals surface area contributed by atoms with Crippen LogP contribution >= 0.6 is 0 Å². The molecule has 12 nitrogen and oxygen atoms in total. The van der Waals surface area contributed by atoms with Crippen LogP contribution in [0.25, 0.3) is 0 Å². The molecule has 0 atom stereocenters. The molecule has 0 unspecified atom stereocenters. The number of anilines is 6. The Hall–Kier alpha value is -5.20. The van der Waals surface area contributed by atoms with Gasteiger partial charge in [0, 0.05) is 59.6 Å². The fraction of sp³-hybridized carbons (Fsp3) is 0.200. The van der Waals surface area contributed by atoms with Crippen molar-refractivity contribution in [1.29, 1.82) is 0 Å². The summed E-state index contributed by atoms with van der Waals surface area (Å²) in [5.41, 5.74) is 4.75. The average molecular weight is 577 g/mol. The molecule has 42 heavy (non-hydrogen) atoms.